The standard InChI is InChI=1S/C22H30N6O2/c29-21-16-26(10-6-23-21)14-18-3-4-20-19-11-17(13-28(20)22(18)30)12-25(15-19)7-2-9-27-8-1-5-24-27/h1,3-5,8,17,19H,2,6-7,9-16H2,(H,23,29)/t17-,19+/m0/s1. The lowest BCUT2D eigenvalue weighted by molar-refractivity contribution is -0.124. The number of fused-ring (bicyclic) bond motifs is 4. The van der Waals surface area contributed by atoms with Gasteiger partial charge in [-0.2, -0.15) is 5.10 Å². The predicted molar refractivity (Wildman–Crippen MR) is 113 cm³/mol. The normalized spacial score (nSPS) is 24.5. The van der Waals surface area contributed by atoms with Gasteiger partial charge in [0.15, 0.2) is 0 Å². The molecule has 160 valence electrons. The zero-order chi connectivity index (χ0) is 20.5. The van der Waals surface area contributed by atoms with Crippen LogP contribution in [0.2, 0.25) is 0 Å². The van der Waals surface area contributed by atoms with Gasteiger partial charge in [0.2, 0.25) is 5.91 Å². The molecule has 8 heteroatoms. The number of pyridine rings is 1. The lowest BCUT2D eigenvalue weighted by Gasteiger charge is -2.43. The monoisotopic (exact) mass is 410 g/mol. The highest BCUT2D eigenvalue weighted by Crippen LogP contribution is 2.35. The number of aryl methyl sites for hydroxylation is 1. The van der Waals surface area contributed by atoms with Crippen LogP contribution in [-0.2, 0) is 24.4 Å². The molecule has 0 spiro atoms. The summed E-state index contributed by atoms with van der Waals surface area (Å²) in [6.07, 6.45) is 6.12. The van der Waals surface area contributed by atoms with E-state index in [1.165, 1.54) is 12.1 Å². The Morgan fingerprint density at radius 2 is 2.03 bits per heavy atom. The zero-order valence-corrected chi connectivity index (χ0v) is 17.4. The minimum absolute atomic E-state index is 0.0430. The van der Waals surface area contributed by atoms with Gasteiger partial charge in [-0.3, -0.25) is 19.2 Å². The molecule has 30 heavy (non-hydrogen) atoms. The van der Waals surface area contributed by atoms with Crippen molar-refractivity contribution in [1.29, 1.82) is 0 Å². The van der Waals surface area contributed by atoms with E-state index in [-0.39, 0.29) is 11.5 Å². The summed E-state index contributed by atoms with van der Waals surface area (Å²) in [7, 11) is 0. The van der Waals surface area contributed by atoms with Gasteiger partial charge >= 0.3 is 0 Å². The second kappa shape index (κ2) is 8.35. The van der Waals surface area contributed by atoms with Crippen molar-refractivity contribution >= 4 is 5.91 Å². The maximum absolute atomic E-state index is 13.2. The predicted octanol–water partition coefficient (Wildman–Crippen LogP) is 0.486. The van der Waals surface area contributed by atoms with Crippen LogP contribution in [-0.4, -0.2) is 69.3 Å². The van der Waals surface area contributed by atoms with Crippen LogP contribution < -0.4 is 10.9 Å². The molecule has 2 aromatic heterocycles. The van der Waals surface area contributed by atoms with E-state index in [1.807, 2.05) is 33.8 Å². The number of amides is 1. The highest BCUT2D eigenvalue weighted by Gasteiger charge is 2.34. The Labute approximate surface area is 176 Å². The Kier molecular flexibility index (Phi) is 5.43. The molecule has 8 nitrogen and oxygen atoms in total. The first kappa shape index (κ1) is 19.5. The van der Waals surface area contributed by atoms with Crippen LogP contribution in [0, 0.1) is 5.92 Å². The minimum Gasteiger partial charge on any atom is -0.354 e. The molecule has 0 aliphatic carbocycles. The van der Waals surface area contributed by atoms with Crippen molar-refractivity contribution in [3.8, 4) is 0 Å². The van der Waals surface area contributed by atoms with Gasteiger partial charge in [-0.1, -0.05) is 6.07 Å². The summed E-state index contributed by atoms with van der Waals surface area (Å²) < 4.78 is 4.02. The van der Waals surface area contributed by atoms with E-state index in [0.717, 1.165) is 51.3 Å². The number of likely N-dealkylation sites (tertiary alicyclic amines) is 1. The van der Waals surface area contributed by atoms with E-state index >= 15 is 0 Å². The van der Waals surface area contributed by atoms with E-state index in [4.69, 9.17) is 0 Å². The molecule has 2 fully saturated rings. The number of piperidine rings is 1. The SMILES string of the molecule is O=C1CN(Cc2ccc3n(c2=O)C[C@H]2C[C@@H]3CN(CCCn3cccn3)C2)CCN1. The number of nitrogens with one attached hydrogen (secondary N) is 1. The first-order chi connectivity index (χ1) is 14.7. The molecule has 5 rings (SSSR count). The van der Waals surface area contributed by atoms with Crippen molar-refractivity contribution in [2.24, 2.45) is 5.92 Å². The Morgan fingerprint density at radius 3 is 2.87 bits per heavy atom. The summed E-state index contributed by atoms with van der Waals surface area (Å²) in [4.78, 5) is 29.5. The highest BCUT2D eigenvalue weighted by atomic mass is 16.2. The molecule has 0 aromatic carbocycles. The van der Waals surface area contributed by atoms with Crippen LogP contribution in [0.15, 0.2) is 35.4 Å². The third kappa shape index (κ3) is 4.06. The first-order valence-electron chi connectivity index (χ1n) is 11.1. The molecule has 3 aliphatic heterocycles. The molecule has 5 heterocycles. The quantitative estimate of drug-likeness (QED) is 0.750. The Morgan fingerprint density at radius 1 is 1.10 bits per heavy atom. The summed E-state index contributed by atoms with van der Waals surface area (Å²) in [6.45, 7) is 7.32. The van der Waals surface area contributed by atoms with Gasteiger partial charge in [-0.25, -0.2) is 0 Å². The maximum atomic E-state index is 13.2. The molecule has 3 aliphatic rings. The second-order valence-electron chi connectivity index (χ2n) is 8.94. The number of carbonyl (C=O) groups excluding carboxylic acids is 1. The first-order valence-corrected chi connectivity index (χ1v) is 11.1. The van der Waals surface area contributed by atoms with Crippen LogP contribution in [0.3, 0.4) is 0 Å². The topological polar surface area (TPSA) is 75.4 Å². The van der Waals surface area contributed by atoms with Crippen molar-refractivity contribution in [1.82, 2.24) is 29.5 Å². The van der Waals surface area contributed by atoms with E-state index in [1.54, 1.807) is 0 Å². The van der Waals surface area contributed by atoms with Crippen molar-refractivity contribution in [3.63, 3.8) is 0 Å². The van der Waals surface area contributed by atoms with Crippen molar-refractivity contribution in [2.75, 3.05) is 39.3 Å². The van der Waals surface area contributed by atoms with Crippen LogP contribution in [0.5, 0.6) is 0 Å². The fourth-order valence-corrected chi connectivity index (χ4v) is 5.35. The summed E-state index contributed by atoms with van der Waals surface area (Å²) >= 11 is 0. The summed E-state index contributed by atoms with van der Waals surface area (Å²) in [5.41, 5.74) is 2.14. The third-order valence-corrected chi connectivity index (χ3v) is 6.69. The van der Waals surface area contributed by atoms with Gasteiger partial charge in [0.25, 0.3) is 5.56 Å². The number of hydrogen-bond donors (Lipinski definition) is 1. The second-order valence-corrected chi connectivity index (χ2v) is 8.94. The molecule has 1 N–H and O–H groups in total. The fourth-order valence-electron chi connectivity index (χ4n) is 5.35. The van der Waals surface area contributed by atoms with Gasteiger partial charge in [0, 0.05) is 75.4 Å². The smallest absolute Gasteiger partial charge is 0.255 e. The molecule has 1 amide bonds. The average molecular weight is 411 g/mol. The number of carbonyl (C=O) groups is 1. The van der Waals surface area contributed by atoms with Gasteiger partial charge < -0.3 is 14.8 Å². The van der Waals surface area contributed by atoms with Crippen LogP contribution >= 0.6 is 0 Å². The van der Waals surface area contributed by atoms with Crippen molar-refractivity contribution in [3.05, 3.63) is 52.2 Å². The van der Waals surface area contributed by atoms with E-state index in [0.29, 0.717) is 31.5 Å². The van der Waals surface area contributed by atoms with Crippen molar-refractivity contribution in [2.45, 2.75) is 38.4 Å². The van der Waals surface area contributed by atoms with Crippen LogP contribution in [0.4, 0.5) is 0 Å². The molecule has 0 saturated carbocycles. The number of rotatable bonds is 6. The fraction of sp³-hybridized carbons (Fsp3) is 0.591. The molecule has 0 radical (unpaired) electrons. The molecular formula is C22H30N6O2. The molecule has 2 aromatic rings. The lowest BCUT2D eigenvalue weighted by atomic mass is 9.83. The van der Waals surface area contributed by atoms with Crippen LogP contribution in [0.1, 0.15) is 30.0 Å². The number of aromatic nitrogens is 3. The number of hydrogen-bond acceptors (Lipinski definition) is 5. The summed E-state index contributed by atoms with van der Waals surface area (Å²) in [5, 5.41) is 7.13. The summed E-state index contributed by atoms with van der Waals surface area (Å²) in [5.74, 6) is 1.01. The molecule has 0 unspecified atom stereocenters. The number of nitrogens with zero attached hydrogens (tertiary/aromatic N) is 5. The Hall–Kier alpha value is -2.45. The molecular weight excluding hydrogens is 380 g/mol. The summed E-state index contributed by atoms with van der Waals surface area (Å²) in [6, 6.07) is 6.13. The molecule has 2 saturated heterocycles. The maximum Gasteiger partial charge on any atom is 0.255 e. The average Bonchev–Trinajstić information content (AvgIpc) is 3.24. The Balaban J connectivity index is 1.25. The Bertz CT molecular complexity index is 953. The molecule has 2 atom stereocenters. The van der Waals surface area contributed by atoms with Crippen molar-refractivity contribution < 1.29 is 4.79 Å². The number of piperazine rings is 1. The van der Waals surface area contributed by atoms with E-state index in [2.05, 4.69) is 26.3 Å². The highest BCUT2D eigenvalue weighted by molar-refractivity contribution is 5.78. The zero-order valence-electron chi connectivity index (χ0n) is 17.4. The van der Waals surface area contributed by atoms with E-state index in [9.17, 15) is 9.59 Å². The van der Waals surface area contributed by atoms with Gasteiger partial charge in [-0.05, 0) is 37.4 Å². The van der Waals surface area contributed by atoms with Gasteiger partial charge in [-0.15, -0.1) is 0 Å². The van der Waals surface area contributed by atoms with Gasteiger partial charge in [0.1, 0.15) is 0 Å². The third-order valence-electron chi connectivity index (χ3n) is 6.69. The van der Waals surface area contributed by atoms with Gasteiger partial charge in [0.05, 0.1) is 6.54 Å². The minimum atomic E-state index is 0.0430. The largest absolute Gasteiger partial charge is 0.354 e. The van der Waals surface area contributed by atoms with Crippen LogP contribution in [0.25, 0.3) is 0 Å². The lowest BCUT2D eigenvalue weighted by Crippen LogP contribution is -2.49. The molecule has 2 bridgehead atoms. The van der Waals surface area contributed by atoms with E-state index < -0.39 is 0 Å².